The van der Waals surface area contributed by atoms with Gasteiger partial charge in [0.25, 0.3) is 5.91 Å². The van der Waals surface area contributed by atoms with Crippen molar-refractivity contribution in [3.05, 3.63) is 28.2 Å². The lowest BCUT2D eigenvalue weighted by Gasteiger charge is -2.12. The Morgan fingerprint density at radius 1 is 1.53 bits per heavy atom. The minimum atomic E-state index is -0.246. The normalized spacial score (nSPS) is 9.74. The largest absolute Gasteiger partial charge is 0.482 e. The van der Waals surface area contributed by atoms with Crippen LogP contribution in [-0.4, -0.2) is 25.6 Å². The fraction of sp³-hybridized carbons (Fsp3) is 0.385. The van der Waals surface area contributed by atoms with Crippen LogP contribution >= 0.6 is 15.9 Å². The molecule has 0 aliphatic heterocycles. The first-order valence-corrected chi connectivity index (χ1v) is 6.72. The van der Waals surface area contributed by atoms with E-state index in [1.165, 1.54) is 0 Å². The highest BCUT2D eigenvalue weighted by Gasteiger charge is 2.09. The van der Waals surface area contributed by atoms with Gasteiger partial charge in [-0.25, -0.2) is 0 Å². The van der Waals surface area contributed by atoms with E-state index >= 15 is 0 Å². The van der Waals surface area contributed by atoms with Crippen molar-refractivity contribution in [2.24, 2.45) is 5.73 Å². The average Bonchev–Trinajstić information content (AvgIpc) is 2.39. The van der Waals surface area contributed by atoms with Gasteiger partial charge in [-0.1, -0.05) is 12.1 Å². The fourth-order valence-electron chi connectivity index (χ4n) is 1.51. The molecule has 0 radical (unpaired) electrons. The molecule has 0 saturated carbocycles. The van der Waals surface area contributed by atoms with Crippen LogP contribution in [0.5, 0.6) is 5.75 Å². The predicted molar refractivity (Wildman–Crippen MR) is 75.6 cm³/mol. The van der Waals surface area contributed by atoms with Gasteiger partial charge in [0, 0.05) is 6.54 Å². The van der Waals surface area contributed by atoms with Gasteiger partial charge in [0.15, 0.2) is 6.61 Å². The molecule has 5 nitrogen and oxygen atoms in total. The summed E-state index contributed by atoms with van der Waals surface area (Å²) in [7, 11) is 0. The maximum absolute atomic E-state index is 11.5. The zero-order valence-electron chi connectivity index (χ0n) is 10.5. The highest BCUT2D eigenvalue weighted by Crippen LogP contribution is 2.29. The molecule has 0 atom stereocenters. The van der Waals surface area contributed by atoms with Gasteiger partial charge in [-0.15, -0.1) is 0 Å². The fourth-order valence-corrected chi connectivity index (χ4v) is 2.04. The Kier molecular flexibility index (Phi) is 6.93. The second-order valence-electron chi connectivity index (χ2n) is 3.81. The summed E-state index contributed by atoms with van der Waals surface area (Å²) in [6.45, 7) is 0.775. The van der Waals surface area contributed by atoms with Crippen LogP contribution in [0.1, 0.15) is 12.0 Å². The minimum absolute atomic E-state index is 0.0778. The number of carbonyl (C=O) groups excluding carboxylic acids is 1. The number of ether oxygens (including phenoxy) is 1. The summed E-state index contributed by atoms with van der Waals surface area (Å²) in [6.07, 6.45) is 0.976. The van der Waals surface area contributed by atoms with E-state index < -0.39 is 0 Å². The average molecular weight is 326 g/mol. The van der Waals surface area contributed by atoms with E-state index in [4.69, 9.17) is 15.7 Å². The number of hydrogen-bond acceptors (Lipinski definition) is 4. The SMILES string of the molecule is N#CCCNC(=O)COc1c(Br)cccc1CCN. The minimum Gasteiger partial charge on any atom is -0.482 e. The molecule has 0 heterocycles. The second-order valence-corrected chi connectivity index (χ2v) is 4.67. The molecule has 0 aliphatic rings. The summed E-state index contributed by atoms with van der Waals surface area (Å²) in [5.74, 6) is 0.396. The Morgan fingerprint density at radius 2 is 2.32 bits per heavy atom. The van der Waals surface area contributed by atoms with Crippen molar-refractivity contribution in [3.8, 4) is 11.8 Å². The topological polar surface area (TPSA) is 88.1 Å². The molecule has 1 amide bonds. The van der Waals surface area contributed by atoms with Crippen molar-refractivity contribution in [3.63, 3.8) is 0 Å². The number of hydrogen-bond donors (Lipinski definition) is 2. The van der Waals surface area contributed by atoms with Crippen molar-refractivity contribution in [1.82, 2.24) is 5.32 Å². The van der Waals surface area contributed by atoms with Crippen LogP contribution in [0.2, 0.25) is 0 Å². The molecule has 6 heteroatoms. The highest BCUT2D eigenvalue weighted by molar-refractivity contribution is 9.10. The van der Waals surface area contributed by atoms with E-state index in [0.29, 0.717) is 31.7 Å². The molecule has 3 N–H and O–H groups in total. The van der Waals surface area contributed by atoms with Crippen LogP contribution in [0.4, 0.5) is 0 Å². The van der Waals surface area contributed by atoms with Gasteiger partial charge >= 0.3 is 0 Å². The number of nitrogens with zero attached hydrogens (tertiary/aromatic N) is 1. The number of amides is 1. The Bertz CT molecular complexity index is 471. The Balaban J connectivity index is 2.57. The van der Waals surface area contributed by atoms with Crippen molar-refractivity contribution in [1.29, 1.82) is 5.26 Å². The van der Waals surface area contributed by atoms with Crippen LogP contribution in [-0.2, 0) is 11.2 Å². The summed E-state index contributed by atoms with van der Waals surface area (Å²) >= 11 is 3.39. The number of para-hydroxylation sites is 1. The molecule has 0 saturated heterocycles. The molecular formula is C13H16BrN3O2. The Morgan fingerprint density at radius 3 is 3.00 bits per heavy atom. The van der Waals surface area contributed by atoms with Crippen molar-refractivity contribution >= 4 is 21.8 Å². The van der Waals surface area contributed by atoms with E-state index in [1.54, 1.807) is 0 Å². The van der Waals surface area contributed by atoms with Crippen LogP contribution in [0.15, 0.2) is 22.7 Å². The second kappa shape index (κ2) is 8.51. The molecule has 0 bridgehead atoms. The molecule has 0 spiro atoms. The Hall–Kier alpha value is -1.58. The first-order valence-electron chi connectivity index (χ1n) is 5.93. The number of halogens is 1. The molecule has 0 fully saturated rings. The third-order valence-electron chi connectivity index (χ3n) is 2.37. The van der Waals surface area contributed by atoms with Gasteiger partial charge < -0.3 is 15.8 Å². The van der Waals surface area contributed by atoms with Crippen LogP contribution in [0.3, 0.4) is 0 Å². The summed E-state index contributed by atoms with van der Waals surface area (Å²) in [4.78, 5) is 11.5. The predicted octanol–water partition coefficient (Wildman–Crippen LogP) is 1.36. The van der Waals surface area contributed by atoms with Crippen molar-refractivity contribution in [2.75, 3.05) is 19.7 Å². The molecular weight excluding hydrogens is 310 g/mol. The zero-order valence-corrected chi connectivity index (χ0v) is 12.1. The number of nitrogens with one attached hydrogen (secondary N) is 1. The number of rotatable bonds is 7. The first kappa shape index (κ1) is 15.5. The molecule has 19 heavy (non-hydrogen) atoms. The molecule has 1 aromatic carbocycles. The number of nitriles is 1. The monoisotopic (exact) mass is 325 g/mol. The third kappa shape index (κ3) is 5.28. The van der Waals surface area contributed by atoms with Gasteiger partial charge in [-0.3, -0.25) is 4.79 Å². The van der Waals surface area contributed by atoms with Crippen LogP contribution < -0.4 is 15.8 Å². The van der Waals surface area contributed by atoms with Crippen LogP contribution in [0, 0.1) is 11.3 Å². The third-order valence-corrected chi connectivity index (χ3v) is 2.99. The lowest BCUT2D eigenvalue weighted by molar-refractivity contribution is -0.123. The lowest BCUT2D eigenvalue weighted by Crippen LogP contribution is -2.29. The number of nitrogens with two attached hydrogens (primary N) is 1. The zero-order chi connectivity index (χ0) is 14.1. The molecule has 0 aromatic heterocycles. The highest BCUT2D eigenvalue weighted by atomic mass is 79.9. The van der Waals surface area contributed by atoms with E-state index in [1.807, 2.05) is 24.3 Å². The standard InChI is InChI=1S/C13H16BrN3O2/c14-11-4-1-3-10(5-7-16)13(11)19-9-12(18)17-8-2-6-15/h1,3-4H,2,5,7-9,16H2,(H,17,18). The van der Waals surface area contributed by atoms with Gasteiger partial charge in [0.1, 0.15) is 5.75 Å². The number of carbonyl (C=O) groups is 1. The first-order chi connectivity index (χ1) is 9.19. The molecule has 1 rings (SSSR count). The maximum atomic E-state index is 11.5. The van der Waals surface area contributed by atoms with E-state index in [-0.39, 0.29) is 12.5 Å². The quantitative estimate of drug-likeness (QED) is 0.741. The van der Waals surface area contributed by atoms with Crippen molar-refractivity contribution < 1.29 is 9.53 Å². The molecule has 0 aliphatic carbocycles. The van der Waals surface area contributed by atoms with E-state index in [9.17, 15) is 4.79 Å². The smallest absolute Gasteiger partial charge is 0.257 e. The summed E-state index contributed by atoms with van der Waals surface area (Å²) in [5.41, 5.74) is 6.50. The summed E-state index contributed by atoms with van der Waals surface area (Å²) < 4.78 is 6.31. The molecule has 0 unspecified atom stereocenters. The Labute approximate surface area is 120 Å². The van der Waals surface area contributed by atoms with E-state index in [2.05, 4.69) is 21.2 Å². The summed E-state index contributed by atoms with van der Waals surface area (Å²) in [6, 6.07) is 7.62. The van der Waals surface area contributed by atoms with E-state index in [0.717, 1.165) is 10.0 Å². The van der Waals surface area contributed by atoms with Crippen molar-refractivity contribution in [2.45, 2.75) is 12.8 Å². The van der Waals surface area contributed by atoms with Gasteiger partial charge in [-0.05, 0) is 40.5 Å². The molecule has 102 valence electrons. The van der Waals surface area contributed by atoms with Gasteiger partial charge in [0.05, 0.1) is 17.0 Å². The van der Waals surface area contributed by atoms with Gasteiger partial charge in [0.2, 0.25) is 0 Å². The van der Waals surface area contributed by atoms with Crippen LogP contribution in [0.25, 0.3) is 0 Å². The maximum Gasteiger partial charge on any atom is 0.257 e. The molecule has 1 aromatic rings. The lowest BCUT2D eigenvalue weighted by atomic mass is 10.1. The van der Waals surface area contributed by atoms with Gasteiger partial charge in [-0.2, -0.15) is 5.26 Å². The number of benzene rings is 1. The summed E-state index contributed by atoms with van der Waals surface area (Å²) in [5, 5.41) is 11.0.